The van der Waals surface area contributed by atoms with Crippen molar-refractivity contribution in [2.24, 2.45) is 4.99 Å². The Labute approximate surface area is 173 Å². The molecule has 1 saturated heterocycles. The van der Waals surface area contributed by atoms with Crippen molar-refractivity contribution in [1.29, 1.82) is 0 Å². The van der Waals surface area contributed by atoms with E-state index >= 15 is 0 Å². The molecular formula is C19H31IN4O2. The molecule has 1 aliphatic heterocycles. The fourth-order valence-electron chi connectivity index (χ4n) is 2.70. The third kappa shape index (κ3) is 7.80. The molecule has 1 aliphatic rings. The minimum atomic E-state index is 0. The molecule has 2 N–H and O–H groups in total. The molecule has 26 heavy (non-hydrogen) atoms. The smallest absolute Gasteiger partial charge is 0.241 e. The molecule has 1 amide bonds. The average Bonchev–Trinajstić information content (AvgIpc) is 3.17. The standard InChI is InChI=1S/C19H30N4O2.HI/c1-3-12-25-17-9-7-8-16(13-17)14-21-19(20-4-2)22-15-18(24)23-10-5-6-11-23;/h7-9,13H,3-6,10-12,14-15H2,1-2H3,(H2,20,21,22);1H. The number of nitrogens with one attached hydrogen (secondary N) is 2. The van der Waals surface area contributed by atoms with E-state index < -0.39 is 0 Å². The van der Waals surface area contributed by atoms with Crippen LogP contribution >= 0.6 is 24.0 Å². The van der Waals surface area contributed by atoms with Crippen LogP contribution in [0.15, 0.2) is 29.3 Å². The maximum absolute atomic E-state index is 12.1. The van der Waals surface area contributed by atoms with E-state index in [0.29, 0.717) is 12.5 Å². The Balaban J connectivity index is 0.00000338. The molecule has 7 heteroatoms. The molecule has 1 aromatic rings. The first kappa shape index (κ1) is 22.5. The number of amides is 1. The lowest BCUT2D eigenvalue weighted by Crippen LogP contribution is -2.44. The third-order valence-corrected chi connectivity index (χ3v) is 4.00. The SMILES string of the molecule is CCCOc1cccc(CN=C(NCC)NCC(=O)N2CCCC2)c1.I. The number of likely N-dealkylation sites (tertiary alicyclic amines) is 1. The zero-order valence-corrected chi connectivity index (χ0v) is 18.1. The van der Waals surface area contributed by atoms with Gasteiger partial charge in [-0.15, -0.1) is 24.0 Å². The van der Waals surface area contributed by atoms with Gasteiger partial charge in [0.25, 0.3) is 0 Å². The number of carbonyl (C=O) groups is 1. The zero-order chi connectivity index (χ0) is 17.9. The van der Waals surface area contributed by atoms with Crippen molar-refractivity contribution in [3.05, 3.63) is 29.8 Å². The van der Waals surface area contributed by atoms with Gasteiger partial charge in [0.05, 0.1) is 19.7 Å². The van der Waals surface area contributed by atoms with Gasteiger partial charge >= 0.3 is 0 Å². The Morgan fingerprint density at radius 2 is 2.00 bits per heavy atom. The predicted molar refractivity (Wildman–Crippen MR) is 116 cm³/mol. The number of carbonyl (C=O) groups excluding carboxylic acids is 1. The van der Waals surface area contributed by atoms with Crippen molar-refractivity contribution in [3.63, 3.8) is 0 Å². The van der Waals surface area contributed by atoms with Crippen molar-refractivity contribution in [2.75, 3.05) is 32.8 Å². The fourth-order valence-corrected chi connectivity index (χ4v) is 2.70. The molecule has 0 unspecified atom stereocenters. The summed E-state index contributed by atoms with van der Waals surface area (Å²) in [5.74, 6) is 1.67. The number of hydrogen-bond donors (Lipinski definition) is 2. The highest BCUT2D eigenvalue weighted by Gasteiger charge is 2.17. The second-order valence-corrected chi connectivity index (χ2v) is 6.13. The number of hydrogen-bond acceptors (Lipinski definition) is 3. The van der Waals surface area contributed by atoms with Crippen molar-refractivity contribution in [1.82, 2.24) is 15.5 Å². The van der Waals surface area contributed by atoms with Crippen LogP contribution in [0.3, 0.4) is 0 Å². The van der Waals surface area contributed by atoms with Crippen molar-refractivity contribution in [3.8, 4) is 5.75 Å². The molecule has 1 fully saturated rings. The maximum atomic E-state index is 12.1. The van der Waals surface area contributed by atoms with E-state index in [1.165, 1.54) is 0 Å². The second-order valence-electron chi connectivity index (χ2n) is 6.13. The molecular weight excluding hydrogens is 443 g/mol. The van der Waals surface area contributed by atoms with Crippen LogP contribution in [0.25, 0.3) is 0 Å². The number of rotatable bonds is 8. The lowest BCUT2D eigenvalue weighted by atomic mass is 10.2. The number of benzene rings is 1. The van der Waals surface area contributed by atoms with Gasteiger partial charge in [0.15, 0.2) is 5.96 Å². The predicted octanol–water partition coefficient (Wildman–Crippen LogP) is 2.77. The molecule has 0 radical (unpaired) electrons. The number of nitrogens with zero attached hydrogens (tertiary/aromatic N) is 2. The first-order valence-electron chi connectivity index (χ1n) is 9.24. The van der Waals surface area contributed by atoms with Crippen LogP contribution in [-0.2, 0) is 11.3 Å². The van der Waals surface area contributed by atoms with Gasteiger partial charge in [-0.25, -0.2) is 4.99 Å². The third-order valence-electron chi connectivity index (χ3n) is 4.00. The van der Waals surface area contributed by atoms with Crippen LogP contribution in [0, 0.1) is 0 Å². The quantitative estimate of drug-likeness (QED) is 0.346. The second kappa shape index (κ2) is 12.8. The zero-order valence-electron chi connectivity index (χ0n) is 15.8. The number of aliphatic imine (C=N–C) groups is 1. The van der Waals surface area contributed by atoms with Crippen molar-refractivity contribution >= 4 is 35.8 Å². The fraction of sp³-hybridized carbons (Fsp3) is 0.579. The minimum absolute atomic E-state index is 0. The Hall–Kier alpha value is -1.51. The highest BCUT2D eigenvalue weighted by Crippen LogP contribution is 2.14. The topological polar surface area (TPSA) is 66.0 Å². The highest BCUT2D eigenvalue weighted by molar-refractivity contribution is 14.0. The van der Waals surface area contributed by atoms with Gasteiger partial charge in [0.2, 0.25) is 5.91 Å². The summed E-state index contributed by atoms with van der Waals surface area (Å²) in [6.07, 6.45) is 3.20. The van der Waals surface area contributed by atoms with Crippen LogP contribution < -0.4 is 15.4 Å². The van der Waals surface area contributed by atoms with Gasteiger partial charge < -0.3 is 20.3 Å². The van der Waals surface area contributed by atoms with E-state index in [4.69, 9.17) is 4.74 Å². The molecule has 1 aromatic carbocycles. The van der Waals surface area contributed by atoms with Gasteiger partial charge in [0, 0.05) is 19.6 Å². The summed E-state index contributed by atoms with van der Waals surface area (Å²) >= 11 is 0. The number of halogens is 1. The monoisotopic (exact) mass is 474 g/mol. The van der Waals surface area contributed by atoms with E-state index in [1.54, 1.807) is 0 Å². The summed E-state index contributed by atoms with van der Waals surface area (Å²) in [7, 11) is 0. The van der Waals surface area contributed by atoms with Gasteiger partial charge in [-0.2, -0.15) is 0 Å². The van der Waals surface area contributed by atoms with Crippen molar-refractivity contribution < 1.29 is 9.53 Å². The minimum Gasteiger partial charge on any atom is -0.494 e. The Morgan fingerprint density at radius 1 is 1.23 bits per heavy atom. The molecule has 0 atom stereocenters. The summed E-state index contributed by atoms with van der Waals surface area (Å²) < 4.78 is 5.66. The van der Waals surface area contributed by atoms with Crippen LogP contribution in [0.2, 0.25) is 0 Å². The first-order chi connectivity index (χ1) is 12.2. The Kier molecular flexibility index (Phi) is 11.1. The maximum Gasteiger partial charge on any atom is 0.241 e. The number of ether oxygens (including phenoxy) is 1. The summed E-state index contributed by atoms with van der Waals surface area (Å²) in [6, 6.07) is 7.98. The highest BCUT2D eigenvalue weighted by atomic mass is 127. The largest absolute Gasteiger partial charge is 0.494 e. The van der Waals surface area contributed by atoms with E-state index in [0.717, 1.165) is 56.8 Å². The van der Waals surface area contributed by atoms with Crippen LogP contribution in [-0.4, -0.2) is 49.6 Å². The normalized spacial score (nSPS) is 13.9. The van der Waals surface area contributed by atoms with Crippen LogP contribution in [0.4, 0.5) is 0 Å². The van der Waals surface area contributed by atoms with E-state index in [2.05, 4.69) is 22.5 Å². The lowest BCUT2D eigenvalue weighted by Gasteiger charge is -2.17. The van der Waals surface area contributed by atoms with Gasteiger partial charge in [-0.3, -0.25) is 4.79 Å². The molecule has 0 aromatic heterocycles. The molecule has 1 heterocycles. The molecule has 146 valence electrons. The molecule has 6 nitrogen and oxygen atoms in total. The molecule has 0 saturated carbocycles. The average molecular weight is 474 g/mol. The van der Waals surface area contributed by atoms with E-state index in [-0.39, 0.29) is 36.4 Å². The van der Waals surface area contributed by atoms with Crippen LogP contribution in [0.5, 0.6) is 5.75 Å². The van der Waals surface area contributed by atoms with Crippen LogP contribution in [0.1, 0.15) is 38.7 Å². The summed E-state index contributed by atoms with van der Waals surface area (Å²) in [6.45, 7) is 8.14. The summed E-state index contributed by atoms with van der Waals surface area (Å²) in [4.78, 5) is 18.6. The summed E-state index contributed by atoms with van der Waals surface area (Å²) in [5, 5.41) is 6.32. The number of guanidine groups is 1. The summed E-state index contributed by atoms with van der Waals surface area (Å²) in [5.41, 5.74) is 1.08. The molecule has 0 aliphatic carbocycles. The van der Waals surface area contributed by atoms with Gasteiger partial charge in [-0.1, -0.05) is 19.1 Å². The van der Waals surface area contributed by atoms with E-state index in [9.17, 15) is 4.79 Å². The van der Waals surface area contributed by atoms with Gasteiger partial charge in [-0.05, 0) is 43.9 Å². The first-order valence-corrected chi connectivity index (χ1v) is 9.24. The van der Waals surface area contributed by atoms with E-state index in [1.807, 2.05) is 36.1 Å². The lowest BCUT2D eigenvalue weighted by molar-refractivity contribution is -0.128. The Morgan fingerprint density at radius 3 is 2.69 bits per heavy atom. The Bertz CT molecular complexity index is 574. The molecule has 2 rings (SSSR count). The van der Waals surface area contributed by atoms with Gasteiger partial charge in [0.1, 0.15) is 5.75 Å². The molecule has 0 spiro atoms. The molecule has 0 bridgehead atoms. The van der Waals surface area contributed by atoms with Crippen molar-refractivity contribution in [2.45, 2.75) is 39.7 Å².